The number of primary amides is 1. The standard InChI is InChI=1S/C15H22N2O/c1-14(2,3)11-5-7-12(8-6-11)15(13(16)18)9-4-10-17-15/h5-8,17H,4,9-10H2,1-3H3,(H2,16,18). The Hall–Kier alpha value is -1.35. The highest BCUT2D eigenvalue weighted by Crippen LogP contribution is 2.32. The first-order valence-corrected chi connectivity index (χ1v) is 6.52. The van der Waals surface area contributed by atoms with Gasteiger partial charge >= 0.3 is 0 Å². The Morgan fingerprint density at radius 3 is 2.28 bits per heavy atom. The van der Waals surface area contributed by atoms with Crippen molar-refractivity contribution in [3.05, 3.63) is 35.4 Å². The summed E-state index contributed by atoms with van der Waals surface area (Å²) < 4.78 is 0. The van der Waals surface area contributed by atoms with E-state index in [1.165, 1.54) is 5.56 Å². The third-order valence-electron chi connectivity index (χ3n) is 3.82. The van der Waals surface area contributed by atoms with E-state index >= 15 is 0 Å². The van der Waals surface area contributed by atoms with Gasteiger partial charge in [0.2, 0.25) is 5.91 Å². The van der Waals surface area contributed by atoms with Gasteiger partial charge in [0.15, 0.2) is 0 Å². The highest BCUT2D eigenvalue weighted by Gasteiger charge is 2.40. The molecule has 0 radical (unpaired) electrons. The summed E-state index contributed by atoms with van der Waals surface area (Å²) in [7, 11) is 0. The molecule has 3 nitrogen and oxygen atoms in total. The number of nitrogens with one attached hydrogen (secondary N) is 1. The van der Waals surface area contributed by atoms with Crippen molar-refractivity contribution in [2.45, 2.75) is 44.6 Å². The molecule has 0 aliphatic carbocycles. The van der Waals surface area contributed by atoms with Gasteiger partial charge in [0.1, 0.15) is 5.54 Å². The van der Waals surface area contributed by atoms with Crippen molar-refractivity contribution in [3.8, 4) is 0 Å². The summed E-state index contributed by atoms with van der Waals surface area (Å²) in [6.07, 6.45) is 1.78. The normalized spacial score (nSPS) is 24.2. The molecular weight excluding hydrogens is 224 g/mol. The van der Waals surface area contributed by atoms with Crippen molar-refractivity contribution >= 4 is 5.91 Å². The van der Waals surface area contributed by atoms with Crippen molar-refractivity contribution in [2.75, 3.05) is 6.54 Å². The molecule has 98 valence electrons. The van der Waals surface area contributed by atoms with Crippen LogP contribution in [0.3, 0.4) is 0 Å². The maximum atomic E-state index is 11.8. The quantitative estimate of drug-likeness (QED) is 0.839. The molecule has 1 aromatic carbocycles. The van der Waals surface area contributed by atoms with Crippen molar-refractivity contribution in [1.29, 1.82) is 0 Å². The van der Waals surface area contributed by atoms with Crippen molar-refractivity contribution in [3.63, 3.8) is 0 Å². The third kappa shape index (κ3) is 2.15. The molecule has 3 heteroatoms. The van der Waals surface area contributed by atoms with Crippen molar-refractivity contribution < 1.29 is 4.79 Å². The zero-order chi connectivity index (χ0) is 13.4. The maximum Gasteiger partial charge on any atom is 0.242 e. The highest BCUT2D eigenvalue weighted by atomic mass is 16.1. The maximum absolute atomic E-state index is 11.8. The van der Waals surface area contributed by atoms with Crippen LogP contribution in [-0.4, -0.2) is 12.5 Å². The fourth-order valence-electron chi connectivity index (χ4n) is 2.60. The van der Waals surface area contributed by atoms with Gasteiger partial charge in [0.25, 0.3) is 0 Å². The number of carbonyl (C=O) groups excluding carboxylic acids is 1. The molecule has 3 N–H and O–H groups in total. The minimum atomic E-state index is -0.656. The van der Waals surface area contributed by atoms with Gasteiger partial charge in [-0.1, -0.05) is 45.0 Å². The molecule has 0 bridgehead atoms. The monoisotopic (exact) mass is 246 g/mol. The smallest absolute Gasteiger partial charge is 0.242 e. The van der Waals surface area contributed by atoms with Crippen molar-refractivity contribution in [1.82, 2.24) is 5.32 Å². The van der Waals surface area contributed by atoms with E-state index in [2.05, 4.69) is 38.2 Å². The molecule has 1 atom stereocenters. The second-order valence-corrected chi connectivity index (χ2v) is 6.13. The fraction of sp³-hybridized carbons (Fsp3) is 0.533. The number of benzene rings is 1. The predicted octanol–water partition coefficient (Wildman–Crippen LogP) is 2.05. The summed E-state index contributed by atoms with van der Waals surface area (Å²) in [6.45, 7) is 7.39. The number of hydrogen-bond donors (Lipinski definition) is 2. The van der Waals surface area contributed by atoms with Gasteiger partial charge in [0, 0.05) is 0 Å². The van der Waals surface area contributed by atoms with Gasteiger partial charge in [-0.15, -0.1) is 0 Å². The lowest BCUT2D eigenvalue weighted by Gasteiger charge is -2.27. The average molecular weight is 246 g/mol. The molecule has 1 aliphatic rings. The topological polar surface area (TPSA) is 55.1 Å². The molecule has 1 saturated heterocycles. The SMILES string of the molecule is CC(C)(C)c1ccc(C2(C(N)=O)CCCN2)cc1. The average Bonchev–Trinajstić information content (AvgIpc) is 2.78. The minimum Gasteiger partial charge on any atom is -0.368 e. The van der Waals surface area contributed by atoms with Crippen LogP contribution in [0, 0.1) is 0 Å². The molecule has 18 heavy (non-hydrogen) atoms. The lowest BCUT2D eigenvalue weighted by Crippen LogP contribution is -2.48. The van der Waals surface area contributed by atoms with E-state index in [1.54, 1.807) is 0 Å². The van der Waals surface area contributed by atoms with E-state index in [4.69, 9.17) is 5.73 Å². The van der Waals surface area contributed by atoms with Crippen LogP contribution in [0.2, 0.25) is 0 Å². The largest absolute Gasteiger partial charge is 0.368 e. The van der Waals surface area contributed by atoms with E-state index in [9.17, 15) is 4.79 Å². The molecule has 2 rings (SSSR count). The van der Waals surface area contributed by atoms with Gasteiger partial charge < -0.3 is 5.73 Å². The molecule has 1 heterocycles. The molecule has 1 amide bonds. The molecule has 0 aromatic heterocycles. The molecule has 0 spiro atoms. The number of carbonyl (C=O) groups is 1. The van der Waals surface area contributed by atoms with Crippen LogP contribution in [0.15, 0.2) is 24.3 Å². The van der Waals surface area contributed by atoms with Gasteiger partial charge in [-0.05, 0) is 35.9 Å². The first-order chi connectivity index (χ1) is 8.36. The van der Waals surface area contributed by atoms with Gasteiger partial charge in [0.05, 0.1) is 0 Å². The van der Waals surface area contributed by atoms with Crippen LogP contribution >= 0.6 is 0 Å². The second-order valence-electron chi connectivity index (χ2n) is 6.13. The predicted molar refractivity (Wildman–Crippen MR) is 73.3 cm³/mol. The minimum absolute atomic E-state index is 0.127. The lowest BCUT2D eigenvalue weighted by atomic mass is 9.83. The number of hydrogen-bond acceptors (Lipinski definition) is 2. The van der Waals surface area contributed by atoms with Crippen molar-refractivity contribution in [2.24, 2.45) is 5.73 Å². The van der Waals surface area contributed by atoms with Gasteiger partial charge in [-0.3, -0.25) is 10.1 Å². The summed E-state index contributed by atoms with van der Waals surface area (Å²) >= 11 is 0. The Bertz CT molecular complexity index is 437. The van der Waals surface area contributed by atoms with E-state index in [0.717, 1.165) is 24.9 Å². The van der Waals surface area contributed by atoms with Crippen LogP contribution < -0.4 is 11.1 Å². The molecule has 1 fully saturated rings. The number of rotatable bonds is 2. The Labute approximate surface area is 109 Å². The summed E-state index contributed by atoms with van der Waals surface area (Å²) in [5.74, 6) is -0.275. The zero-order valence-corrected chi connectivity index (χ0v) is 11.4. The molecule has 1 aliphatic heterocycles. The van der Waals surface area contributed by atoms with Crippen LogP contribution in [0.25, 0.3) is 0 Å². The molecule has 0 saturated carbocycles. The van der Waals surface area contributed by atoms with Crippen LogP contribution in [0.5, 0.6) is 0 Å². The summed E-state index contributed by atoms with van der Waals surface area (Å²) in [6, 6.07) is 8.26. The van der Waals surface area contributed by atoms with E-state index < -0.39 is 5.54 Å². The summed E-state index contributed by atoms with van der Waals surface area (Å²) in [5, 5.41) is 3.27. The van der Waals surface area contributed by atoms with E-state index in [1.807, 2.05) is 12.1 Å². The van der Waals surface area contributed by atoms with Gasteiger partial charge in [-0.25, -0.2) is 0 Å². The van der Waals surface area contributed by atoms with E-state index in [0.29, 0.717) is 0 Å². The Balaban J connectivity index is 2.36. The van der Waals surface area contributed by atoms with Crippen LogP contribution in [-0.2, 0) is 15.7 Å². The lowest BCUT2D eigenvalue weighted by molar-refractivity contribution is -0.124. The molecule has 1 unspecified atom stereocenters. The second kappa shape index (κ2) is 4.39. The van der Waals surface area contributed by atoms with Crippen LogP contribution in [0.4, 0.5) is 0 Å². The summed E-state index contributed by atoms with van der Waals surface area (Å²) in [4.78, 5) is 11.8. The van der Waals surface area contributed by atoms with E-state index in [-0.39, 0.29) is 11.3 Å². The van der Waals surface area contributed by atoms with Gasteiger partial charge in [-0.2, -0.15) is 0 Å². The number of nitrogens with two attached hydrogens (primary N) is 1. The third-order valence-corrected chi connectivity index (χ3v) is 3.82. The molecule has 1 aromatic rings. The Kier molecular flexibility index (Phi) is 3.20. The first kappa shape index (κ1) is 13.1. The van der Waals surface area contributed by atoms with Crippen LogP contribution in [0.1, 0.15) is 44.7 Å². The number of amides is 1. The fourth-order valence-corrected chi connectivity index (χ4v) is 2.60. The summed E-state index contributed by atoms with van der Waals surface area (Å²) in [5.41, 5.74) is 7.31. The Morgan fingerprint density at radius 1 is 1.28 bits per heavy atom. The zero-order valence-electron chi connectivity index (χ0n) is 11.4. The highest BCUT2D eigenvalue weighted by molar-refractivity contribution is 5.86. The first-order valence-electron chi connectivity index (χ1n) is 6.52. The Morgan fingerprint density at radius 2 is 1.89 bits per heavy atom. The molecular formula is C15H22N2O.